The number of alkyl halides is 3. The van der Waals surface area contributed by atoms with E-state index in [1.807, 2.05) is 0 Å². The van der Waals surface area contributed by atoms with Crippen molar-refractivity contribution in [2.75, 3.05) is 6.54 Å². The van der Waals surface area contributed by atoms with Gasteiger partial charge in [-0.25, -0.2) is 0 Å². The summed E-state index contributed by atoms with van der Waals surface area (Å²) in [6.45, 7) is 0.0983. The van der Waals surface area contributed by atoms with Crippen molar-refractivity contribution in [2.45, 2.75) is 25.1 Å². The Bertz CT molecular complexity index is 988. The second-order valence-electron chi connectivity index (χ2n) is 6.50. The third-order valence-corrected chi connectivity index (χ3v) is 4.58. The molecule has 1 aromatic carbocycles. The standard InChI is InChI=1S/C19H15F3N4O2/c20-19(21,22)14-6-2-1-5-12(14)10-26-11-13(9-16(26)27)18-24-17(25-28-18)15-7-3-4-8-23-15/h1-8,13H,9-11H2. The molecule has 144 valence electrons. The molecule has 1 aliphatic rings. The van der Waals surface area contributed by atoms with E-state index in [2.05, 4.69) is 15.1 Å². The fraction of sp³-hybridized carbons (Fsp3) is 0.263. The number of likely N-dealkylation sites (tertiary alicyclic amines) is 1. The Kier molecular flexibility index (Phi) is 4.58. The Labute approximate surface area is 158 Å². The van der Waals surface area contributed by atoms with Gasteiger partial charge in [-0.3, -0.25) is 9.78 Å². The third kappa shape index (κ3) is 3.60. The molecule has 28 heavy (non-hydrogen) atoms. The number of aromatic nitrogens is 3. The number of amides is 1. The maximum absolute atomic E-state index is 13.2. The van der Waals surface area contributed by atoms with Crippen molar-refractivity contribution in [3.8, 4) is 11.5 Å². The fourth-order valence-corrected chi connectivity index (χ4v) is 3.23. The molecule has 0 bridgehead atoms. The summed E-state index contributed by atoms with van der Waals surface area (Å²) in [6.07, 6.45) is -2.76. The first kappa shape index (κ1) is 18.1. The lowest BCUT2D eigenvalue weighted by molar-refractivity contribution is -0.139. The van der Waals surface area contributed by atoms with Crippen molar-refractivity contribution >= 4 is 5.91 Å². The molecule has 0 N–H and O–H groups in total. The summed E-state index contributed by atoms with van der Waals surface area (Å²) >= 11 is 0. The molecule has 1 saturated heterocycles. The van der Waals surface area contributed by atoms with Crippen LogP contribution in [0.3, 0.4) is 0 Å². The van der Waals surface area contributed by atoms with Gasteiger partial charge in [0.05, 0.1) is 11.5 Å². The van der Waals surface area contributed by atoms with Crippen LogP contribution >= 0.6 is 0 Å². The van der Waals surface area contributed by atoms with Crippen LogP contribution < -0.4 is 0 Å². The molecule has 1 fully saturated rings. The molecule has 3 heterocycles. The smallest absolute Gasteiger partial charge is 0.339 e. The number of carbonyl (C=O) groups excluding carboxylic acids is 1. The van der Waals surface area contributed by atoms with Gasteiger partial charge in [0, 0.05) is 25.7 Å². The molecule has 0 spiro atoms. The first-order valence-corrected chi connectivity index (χ1v) is 8.59. The van der Waals surface area contributed by atoms with Crippen LogP contribution in [0, 0.1) is 0 Å². The molecule has 6 nitrogen and oxygen atoms in total. The number of hydrogen-bond donors (Lipinski definition) is 0. The van der Waals surface area contributed by atoms with Gasteiger partial charge in [0.1, 0.15) is 5.69 Å². The SMILES string of the molecule is O=C1CC(c2nc(-c3ccccn3)no2)CN1Cc1ccccc1C(F)(F)F. The highest BCUT2D eigenvalue weighted by molar-refractivity contribution is 5.79. The molecule has 1 aliphatic heterocycles. The summed E-state index contributed by atoms with van der Waals surface area (Å²) in [6, 6.07) is 10.5. The third-order valence-electron chi connectivity index (χ3n) is 4.58. The predicted octanol–water partition coefficient (Wildman–Crippen LogP) is 3.67. The normalized spacial score (nSPS) is 17.3. The maximum atomic E-state index is 13.2. The Morgan fingerprint density at radius 2 is 1.93 bits per heavy atom. The van der Waals surface area contributed by atoms with E-state index in [-0.39, 0.29) is 42.8 Å². The quantitative estimate of drug-likeness (QED) is 0.682. The molecule has 9 heteroatoms. The van der Waals surface area contributed by atoms with Crippen LogP contribution in [0.1, 0.15) is 29.4 Å². The van der Waals surface area contributed by atoms with Gasteiger partial charge in [-0.2, -0.15) is 18.2 Å². The Morgan fingerprint density at radius 3 is 2.68 bits per heavy atom. The molecule has 0 saturated carbocycles. The van der Waals surface area contributed by atoms with Crippen molar-refractivity contribution in [2.24, 2.45) is 0 Å². The molecule has 4 rings (SSSR count). The maximum Gasteiger partial charge on any atom is 0.416 e. The van der Waals surface area contributed by atoms with Crippen molar-refractivity contribution in [3.05, 3.63) is 65.7 Å². The topological polar surface area (TPSA) is 72.1 Å². The summed E-state index contributed by atoms with van der Waals surface area (Å²) in [5.41, 5.74) is -0.136. The monoisotopic (exact) mass is 388 g/mol. The largest absolute Gasteiger partial charge is 0.416 e. The van der Waals surface area contributed by atoms with Crippen molar-refractivity contribution < 1.29 is 22.5 Å². The van der Waals surface area contributed by atoms with Gasteiger partial charge in [0.15, 0.2) is 0 Å². The summed E-state index contributed by atoms with van der Waals surface area (Å²) in [5, 5.41) is 3.88. The van der Waals surface area contributed by atoms with Gasteiger partial charge in [0.2, 0.25) is 17.6 Å². The molecule has 1 amide bonds. The lowest BCUT2D eigenvalue weighted by atomic mass is 10.1. The van der Waals surface area contributed by atoms with E-state index >= 15 is 0 Å². The Hall–Kier alpha value is -3.23. The molecule has 0 aliphatic carbocycles. The number of rotatable bonds is 4. The van der Waals surface area contributed by atoms with Crippen LogP contribution in [0.15, 0.2) is 53.2 Å². The van der Waals surface area contributed by atoms with Gasteiger partial charge in [-0.15, -0.1) is 0 Å². The predicted molar refractivity (Wildman–Crippen MR) is 91.7 cm³/mol. The zero-order chi connectivity index (χ0) is 19.7. The Morgan fingerprint density at radius 1 is 1.14 bits per heavy atom. The van der Waals surface area contributed by atoms with E-state index in [1.165, 1.54) is 23.1 Å². The second kappa shape index (κ2) is 7.06. The van der Waals surface area contributed by atoms with E-state index in [0.29, 0.717) is 11.5 Å². The summed E-state index contributed by atoms with van der Waals surface area (Å²) in [7, 11) is 0. The van der Waals surface area contributed by atoms with Gasteiger partial charge in [-0.1, -0.05) is 29.4 Å². The van der Waals surface area contributed by atoms with Gasteiger partial charge in [0.25, 0.3) is 0 Å². The van der Waals surface area contributed by atoms with Crippen LogP contribution in [0.25, 0.3) is 11.5 Å². The number of pyridine rings is 1. The molecular formula is C19H15F3N4O2. The number of halogens is 3. The highest BCUT2D eigenvalue weighted by Crippen LogP contribution is 2.34. The average molecular weight is 388 g/mol. The summed E-state index contributed by atoms with van der Waals surface area (Å²) in [4.78, 5) is 22.2. The Balaban J connectivity index is 1.51. The van der Waals surface area contributed by atoms with Gasteiger partial charge < -0.3 is 9.42 Å². The highest BCUT2D eigenvalue weighted by atomic mass is 19.4. The lowest BCUT2D eigenvalue weighted by Crippen LogP contribution is -2.26. The highest BCUT2D eigenvalue weighted by Gasteiger charge is 2.37. The van der Waals surface area contributed by atoms with Crippen LogP contribution in [0.2, 0.25) is 0 Å². The number of nitrogens with zero attached hydrogens (tertiary/aromatic N) is 4. The van der Waals surface area contributed by atoms with Crippen LogP contribution in [-0.4, -0.2) is 32.5 Å². The minimum atomic E-state index is -4.47. The zero-order valence-corrected chi connectivity index (χ0v) is 14.6. The molecule has 2 aromatic heterocycles. The first-order chi connectivity index (χ1) is 13.4. The molecule has 1 atom stereocenters. The van der Waals surface area contributed by atoms with Crippen LogP contribution in [0.5, 0.6) is 0 Å². The van der Waals surface area contributed by atoms with E-state index < -0.39 is 11.7 Å². The molecular weight excluding hydrogens is 373 g/mol. The van der Waals surface area contributed by atoms with Crippen LogP contribution in [-0.2, 0) is 17.5 Å². The molecule has 3 aromatic rings. The first-order valence-electron chi connectivity index (χ1n) is 8.59. The fourth-order valence-electron chi connectivity index (χ4n) is 3.23. The zero-order valence-electron chi connectivity index (χ0n) is 14.6. The van der Waals surface area contributed by atoms with Crippen LogP contribution in [0.4, 0.5) is 13.2 Å². The van der Waals surface area contributed by atoms with Gasteiger partial charge in [-0.05, 0) is 23.8 Å². The second-order valence-corrected chi connectivity index (χ2v) is 6.50. The van der Waals surface area contributed by atoms with Crippen molar-refractivity contribution in [1.82, 2.24) is 20.0 Å². The average Bonchev–Trinajstić information content (AvgIpc) is 3.30. The van der Waals surface area contributed by atoms with E-state index in [9.17, 15) is 18.0 Å². The van der Waals surface area contributed by atoms with Gasteiger partial charge >= 0.3 is 6.18 Å². The number of hydrogen-bond acceptors (Lipinski definition) is 5. The van der Waals surface area contributed by atoms with Crippen molar-refractivity contribution in [3.63, 3.8) is 0 Å². The van der Waals surface area contributed by atoms with Crippen molar-refractivity contribution in [1.29, 1.82) is 0 Å². The summed E-state index contributed by atoms with van der Waals surface area (Å²) < 4.78 is 44.8. The molecule has 0 radical (unpaired) electrons. The van der Waals surface area contributed by atoms with E-state index in [4.69, 9.17) is 4.52 Å². The molecule has 1 unspecified atom stereocenters. The minimum absolute atomic E-state index is 0.0590. The number of carbonyl (C=O) groups is 1. The summed E-state index contributed by atoms with van der Waals surface area (Å²) in [5.74, 6) is -0.0281. The minimum Gasteiger partial charge on any atom is -0.339 e. The van der Waals surface area contributed by atoms with E-state index in [1.54, 1.807) is 24.4 Å². The van der Waals surface area contributed by atoms with E-state index in [0.717, 1.165) is 6.07 Å². The lowest BCUT2D eigenvalue weighted by Gasteiger charge is -2.19. The number of benzene rings is 1.